The van der Waals surface area contributed by atoms with E-state index in [1.165, 1.54) is 0 Å². The Balaban J connectivity index is 2.38. The summed E-state index contributed by atoms with van der Waals surface area (Å²) in [6, 6.07) is 13.8. The van der Waals surface area contributed by atoms with Crippen molar-refractivity contribution in [2.24, 2.45) is 4.99 Å². The Morgan fingerprint density at radius 1 is 1.12 bits per heavy atom. The molecule has 1 aliphatic rings. The zero-order valence-electron chi connectivity index (χ0n) is 9.27. The van der Waals surface area contributed by atoms with Crippen LogP contribution in [-0.4, -0.2) is 0 Å². The average molecular weight is 288 g/mol. The molecule has 0 radical (unpaired) electrons. The third kappa shape index (κ3) is 1.87. The molecule has 2 nitrogen and oxygen atoms in total. The van der Waals surface area contributed by atoms with E-state index in [2.05, 4.69) is 20.9 Å². The minimum atomic E-state index is 0.793. The van der Waals surface area contributed by atoms with E-state index in [0.717, 1.165) is 32.2 Å². The van der Waals surface area contributed by atoms with Gasteiger partial charge in [-0.3, -0.25) is 0 Å². The molecule has 0 spiro atoms. The third-order valence-electron chi connectivity index (χ3n) is 2.71. The number of nitrogens with zero attached hydrogens (tertiary/aromatic N) is 1. The maximum atomic E-state index is 5.84. The zero-order valence-corrected chi connectivity index (χ0v) is 10.9. The van der Waals surface area contributed by atoms with Crippen molar-refractivity contribution in [3.8, 4) is 5.75 Å². The first-order valence-electron chi connectivity index (χ1n) is 5.36. The quantitative estimate of drug-likeness (QED) is 0.730. The molecule has 0 saturated heterocycles. The average Bonchev–Trinajstić information content (AvgIpc) is 2.46. The van der Waals surface area contributed by atoms with E-state index in [9.17, 15) is 0 Å². The van der Waals surface area contributed by atoms with Gasteiger partial charge in [0.05, 0.1) is 5.36 Å². The highest BCUT2D eigenvalue weighted by Crippen LogP contribution is 2.32. The normalized spacial score (nSPS) is 12.9. The molecule has 0 saturated carbocycles. The fourth-order valence-corrected chi connectivity index (χ4v) is 2.23. The monoisotopic (exact) mass is 287 g/mol. The minimum Gasteiger partial charge on any atom is -0.459 e. The van der Waals surface area contributed by atoms with Crippen molar-refractivity contribution >= 4 is 27.4 Å². The maximum Gasteiger partial charge on any atom is 0.152 e. The van der Waals surface area contributed by atoms with Crippen LogP contribution < -0.4 is 15.3 Å². The Bertz CT molecular complexity index is 706. The van der Waals surface area contributed by atoms with Gasteiger partial charge in [-0.2, -0.15) is 0 Å². The van der Waals surface area contributed by atoms with Crippen molar-refractivity contribution in [2.75, 3.05) is 0 Å². The predicted molar refractivity (Wildman–Crippen MR) is 70.7 cm³/mol. The molecule has 0 fully saturated rings. The van der Waals surface area contributed by atoms with Crippen molar-refractivity contribution in [1.29, 1.82) is 0 Å². The first-order chi connectivity index (χ1) is 8.24. The summed E-state index contributed by atoms with van der Waals surface area (Å²) in [6.45, 7) is 1.96. The van der Waals surface area contributed by atoms with E-state index in [0.29, 0.717) is 0 Å². The van der Waals surface area contributed by atoms with Gasteiger partial charge in [0.2, 0.25) is 0 Å². The standard InChI is InChI=1S/C14H10BrNO/c1-9-11-4-2-3-5-12(11)16-13-8-10(15)6-7-14(13)17-9/h2-8H,1H3. The maximum absolute atomic E-state index is 5.84. The zero-order chi connectivity index (χ0) is 11.8. The summed E-state index contributed by atoms with van der Waals surface area (Å²) < 4.78 is 6.84. The highest BCUT2D eigenvalue weighted by molar-refractivity contribution is 9.10. The molecule has 0 amide bonds. The van der Waals surface area contributed by atoms with Gasteiger partial charge in [-0.05, 0) is 37.3 Å². The van der Waals surface area contributed by atoms with Crippen LogP contribution in [-0.2, 0) is 0 Å². The van der Waals surface area contributed by atoms with Crippen LogP contribution in [0.25, 0.3) is 5.76 Å². The number of halogens is 1. The second kappa shape index (κ2) is 4.00. The van der Waals surface area contributed by atoms with Gasteiger partial charge < -0.3 is 4.74 Å². The summed E-state index contributed by atoms with van der Waals surface area (Å²) >= 11 is 3.45. The SMILES string of the molecule is CC1=c2ccccc2=Nc2cc(Br)ccc2O1. The van der Waals surface area contributed by atoms with Gasteiger partial charge in [-0.15, -0.1) is 0 Å². The second-order valence-electron chi connectivity index (χ2n) is 3.90. The van der Waals surface area contributed by atoms with Gasteiger partial charge in [0, 0.05) is 9.69 Å². The summed E-state index contributed by atoms with van der Waals surface area (Å²) in [5.74, 6) is 1.67. The van der Waals surface area contributed by atoms with Crippen LogP contribution in [0.15, 0.2) is 51.9 Å². The Morgan fingerprint density at radius 2 is 1.94 bits per heavy atom. The number of para-hydroxylation sites is 1. The largest absolute Gasteiger partial charge is 0.459 e. The lowest BCUT2D eigenvalue weighted by Crippen LogP contribution is -2.26. The summed E-state index contributed by atoms with van der Waals surface area (Å²) in [4.78, 5) is 4.64. The summed E-state index contributed by atoms with van der Waals surface area (Å²) in [5.41, 5.74) is 0.851. The molecule has 0 aromatic heterocycles. The lowest BCUT2D eigenvalue weighted by molar-refractivity contribution is 0.506. The van der Waals surface area contributed by atoms with Crippen LogP contribution in [0.1, 0.15) is 6.92 Å². The highest BCUT2D eigenvalue weighted by atomic mass is 79.9. The lowest BCUT2D eigenvalue weighted by Gasteiger charge is -2.06. The molecule has 0 aliphatic carbocycles. The number of benzene rings is 2. The molecule has 0 unspecified atom stereocenters. The molecule has 0 N–H and O–H groups in total. The molecule has 0 atom stereocenters. The van der Waals surface area contributed by atoms with Crippen molar-refractivity contribution in [3.63, 3.8) is 0 Å². The fraction of sp³-hybridized carbons (Fsp3) is 0.0714. The van der Waals surface area contributed by atoms with Crippen molar-refractivity contribution < 1.29 is 4.74 Å². The molecule has 84 valence electrons. The first-order valence-corrected chi connectivity index (χ1v) is 6.15. The van der Waals surface area contributed by atoms with Crippen LogP contribution in [0.4, 0.5) is 5.69 Å². The van der Waals surface area contributed by atoms with Gasteiger partial charge in [-0.1, -0.05) is 28.1 Å². The Labute approximate surface area is 107 Å². The molecule has 0 bridgehead atoms. The molecule has 3 rings (SSSR count). The van der Waals surface area contributed by atoms with Crippen LogP contribution >= 0.6 is 15.9 Å². The van der Waals surface area contributed by atoms with Crippen molar-refractivity contribution in [1.82, 2.24) is 0 Å². The predicted octanol–water partition coefficient (Wildman–Crippen LogP) is 2.92. The van der Waals surface area contributed by atoms with E-state index in [-0.39, 0.29) is 0 Å². The smallest absolute Gasteiger partial charge is 0.152 e. The molecule has 1 aliphatic heterocycles. The van der Waals surface area contributed by atoms with Crippen molar-refractivity contribution in [2.45, 2.75) is 6.92 Å². The van der Waals surface area contributed by atoms with E-state index in [4.69, 9.17) is 4.74 Å². The molecule has 17 heavy (non-hydrogen) atoms. The summed E-state index contributed by atoms with van der Waals surface area (Å²) in [5, 5.41) is 1.99. The van der Waals surface area contributed by atoms with Gasteiger partial charge in [0.15, 0.2) is 5.75 Å². The molecular formula is C14H10BrNO. The van der Waals surface area contributed by atoms with E-state index >= 15 is 0 Å². The lowest BCUT2D eigenvalue weighted by atomic mass is 10.2. The Morgan fingerprint density at radius 3 is 2.82 bits per heavy atom. The summed E-state index contributed by atoms with van der Waals surface area (Å²) in [7, 11) is 0. The summed E-state index contributed by atoms with van der Waals surface area (Å²) in [6.07, 6.45) is 0. The Kier molecular flexibility index (Phi) is 2.48. The topological polar surface area (TPSA) is 21.6 Å². The van der Waals surface area contributed by atoms with Gasteiger partial charge >= 0.3 is 0 Å². The van der Waals surface area contributed by atoms with Crippen LogP contribution in [0.3, 0.4) is 0 Å². The Hall–Kier alpha value is -1.61. The fourth-order valence-electron chi connectivity index (χ4n) is 1.88. The van der Waals surface area contributed by atoms with E-state index in [1.807, 2.05) is 49.4 Å². The molecular weight excluding hydrogens is 278 g/mol. The van der Waals surface area contributed by atoms with E-state index in [1.54, 1.807) is 0 Å². The second-order valence-corrected chi connectivity index (χ2v) is 4.81. The van der Waals surface area contributed by atoms with Crippen LogP contribution in [0.2, 0.25) is 0 Å². The van der Waals surface area contributed by atoms with Gasteiger partial charge in [0.1, 0.15) is 11.4 Å². The number of fused-ring (bicyclic) bond motifs is 2. The van der Waals surface area contributed by atoms with E-state index < -0.39 is 0 Å². The number of hydrogen-bond donors (Lipinski definition) is 0. The third-order valence-corrected chi connectivity index (χ3v) is 3.20. The van der Waals surface area contributed by atoms with Crippen LogP contribution in [0.5, 0.6) is 5.75 Å². The number of rotatable bonds is 0. The highest BCUT2D eigenvalue weighted by Gasteiger charge is 2.09. The van der Waals surface area contributed by atoms with Gasteiger partial charge in [0.25, 0.3) is 0 Å². The number of ether oxygens (including phenoxy) is 1. The molecule has 3 heteroatoms. The minimum absolute atomic E-state index is 0.793. The molecule has 1 heterocycles. The molecule has 2 aromatic carbocycles. The molecule has 2 aromatic rings. The first kappa shape index (κ1) is 10.5. The van der Waals surface area contributed by atoms with Crippen LogP contribution in [0, 0.1) is 0 Å². The number of hydrogen-bond acceptors (Lipinski definition) is 2. The van der Waals surface area contributed by atoms with Crippen molar-refractivity contribution in [3.05, 3.63) is 57.5 Å². The van der Waals surface area contributed by atoms with Gasteiger partial charge in [-0.25, -0.2) is 4.99 Å².